The third kappa shape index (κ3) is 34.5. The van der Waals surface area contributed by atoms with E-state index in [0.717, 1.165) is 158 Å². The number of ether oxygens (including phenoxy) is 1. The fraction of sp³-hybridized carbons (Fsp3) is 0.378. The van der Waals surface area contributed by atoms with Crippen molar-refractivity contribution in [3.63, 3.8) is 0 Å². The summed E-state index contributed by atoms with van der Waals surface area (Å²) in [4.78, 5) is 106. The number of alkyl halides is 2. The molecular weight excluding hydrogens is 1600 g/mol. The number of hydrogen-bond donors (Lipinski definition) is 6. The lowest BCUT2D eigenvalue weighted by Gasteiger charge is -2.35. The van der Waals surface area contributed by atoms with E-state index in [0.29, 0.717) is 58.2 Å². The molecule has 0 spiro atoms. The molecule has 678 valence electrons. The summed E-state index contributed by atoms with van der Waals surface area (Å²) in [6, 6.07) is 67.1. The lowest BCUT2D eigenvalue weighted by molar-refractivity contribution is 0.0441. The van der Waals surface area contributed by atoms with Gasteiger partial charge in [0.15, 0.2) is 0 Å². The van der Waals surface area contributed by atoms with Crippen LogP contribution in [0.1, 0.15) is 100 Å². The summed E-state index contributed by atoms with van der Waals surface area (Å²) in [5.41, 5.74) is 21.0. The molecular formula is C98H131F3N16O9. The van der Waals surface area contributed by atoms with Gasteiger partial charge < -0.3 is 76.0 Å². The highest BCUT2D eigenvalue weighted by Gasteiger charge is 2.31. The number of cyclic esters (lactones) is 2. The molecule has 0 atom stereocenters. The Kier molecular flexibility index (Phi) is 45.2. The van der Waals surface area contributed by atoms with Crippen LogP contribution in [0.15, 0.2) is 212 Å². The Morgan fingerprint density at radius 2 is 0.706 bits per heavy atom. The van der Waals surface area contributed by atoms with Crippen molar-refractivity contribution in [1.29, 1.82) is 0 Å². The van der Waals surface area contributed by atoms with Crippen molar-refractivity contribution >= 4 is 76.0 Å². The molecule has 0 aliphatic carbocycles. The lowest BCUT2D eigenvalue weighted by Crippen LogP contribution is -2.48. The highest BCUT2D eigenvalue weighted by atomic mass is 19.1. The Balaban J connectivity index is 0.000000242. The molecule has 9 aromatic carbocycles. The molecule has 126 heavy (non-hydrogen) atoms. The van der Waals surface area contributed by atoms with Crippen LogP contribution in [0.3, 0.4) is 0 Å². The van der Waals surface area contributed by atoms with Crippen LogP contribution in [-0.4, -0.2) is 288 Å². The SMILES string of the molecule is C1CNCCN1.CF.CF.CN(C)c1ccc(C=O)cc1.CN(C)c1ccc(CCN)cc1.CN(C)c1ccc(CCNC(=O)c2ccccc2C(=O)N2CCN(Cc3ccc(N(C)C)cc3)CC2)cc1.CN(C)c1ccc(CN2CCN(C(=O)c3ccccc3C(=O)O)CC2)cc1.CN(C)c1ccc(CN2CCNCC2)cc1.O=C1OC(=O)c2cc(F)ccc21. The van der Waals surface area contributed by atoms with Crippen molar-refractivity contribution < 1.29 is 56.6 Å². The molecule has 0 saturated carbocycles. The number of anilines is 6. The molecule has 0 unspecified atom stereocenters. The van der Waals surface area contributed by atoms with E-state index in [-0.39, 0.29) is 40.0 Å². The highest BCUT2D eigenvalue weighted by Crippen LogP contribution is 2.24. The van der Waals surface area contributed by atoms with Gasteiger partial charge >= 0.3 is 17.9 Å². The molecule has 0 aromatic heterocycles. The number of aldehydes is 1. The Labute approximate surface area is 743 Å². The monoisotopic (exact) mass is 1730 g/mol. The summed E-state index contributed by atoms with van der Waals surface area (Å²) < 4.78 is 35.8. The number of nitrogens with one attached hydrogen (secondary N) is 4. The van der Waals surface area contributed by atoms with Crippen LogP contribution in [0.2, 0.25) is 0 Å². The van der Waals surface area contributed by atoms with Crippen LogP contribution in [0, 0.1) is 5.82 Å². The van der Waals surface area contributed by atoms with Crippen molar-refractivity contribution in [2.24, 2.45) is 5.73 Å². The molecule has 5 aliphatic heterocycles. The van der Waals surface area contributed by atoms with Crippen molar-refractivity contribution in [3.05, 3.63) is 285 Å². The van der Waals surface area contributed by atoms with E-state index >= 15 is 0 Å². The molecule has 9 aromatic rings. The maximum Gasteiger partial charge on any atom is 0.347 e. The first-order valence-corrected chi connectivity index (χ1v) is 42.3. The number of fused-ring (bicyclic) bond motifs is 1. The predicted octanol–water partition coefficient (Wildman–Crippen LogP) is 11.6. The molecule has 4 fully saturated rings. The number of esters is 2. The van der Waals surface area contributed by atoms with E-state index in [2.05, 4.69) is 201 Å². The second-order valence-electron chi connectivity index (χ2n) is 31.4. The third-order valence-corrected chi connectivity index (χ3v) is 21.0. The zero-order valence-corrected chi connectivity index (χ0v) is 75.9. The van der Waals surface area contributed by atoms with Gasteiger partial charge in [0.2, 0.25) is 0 Å². The third-order valence-electron chi connectivity index (χ3n) is 21.0. The summed E-state index contributed by atoms with van der Waals surface area (Å²) in [5, 5.41) is 22.1. The van der Waals surface area contributed by atoms with Crippen LogP contribution in [0.4, 0.5) is 47.3 Å². The molecule has 4 saturated heterocycles. The molecule has 0 bridgehead atoms. The number of carboxylic acid groups (broad SMARTS) is 1. The molecule has 7 N–H and O–H groups in total. The molecule has 5 aliphatic rings. The van der Waals surface area contributed by atoms with Crippen LogP contribution in [-0.2, 0) is 37.2 Å². The number of aromatic carboxylic acids is 1. The normalized spacial score (nSPS) is 13.9. The number of amides is 3. The smallest absolute Gasteiger partial charge is 0.347 e. The van der Waals surface area contributed by atoms with Gasteiger partial charge in [0.05, 0.1) is 47.7 Å². The van der Waals surface area contributed by atoms with Crippen LogP contribution in [0.25, 0.3) is 0 Å². The molecule has 25 nitrogen and oxygen atoms in total. The van der Waals surface area contributed by atoms with Gasteiger partial charge in [0.1, 0.15) is 12.1 Å². The van der Waals surface area contributed by atoms with Crippen LogP contribution < -0.4 is 56.4 Å². The summed E-state index contributed by atoms with van der Waals surface area (Å²) in [6.45, 7) is 18.8. The molecule has 28 heteroatoms. The van der Waals surface area contributed by atoms with E-state index in [4.69, 9.17) is 5.73 Å². The summed E-state index contributed by atoms with van der Waals surface area (Å²) >= 11 is 0. The minimum absolute atomic E-state index is 0.000000000000000444. The van der Waals surface area contributed by atoms with Gasteiger partial charge in [-0.15, -0.1) is 0 Å². The van der Waals surface area contributed by atoms with Crippen molar-refractivity contribution in [1.82, 2.24) is 45.8 Å². The number of halogens is 3. The second kappa shape index (κ2) is 55.4. The number of piperazine rings is 4. The fourth-order valence-corrected chi connectivity index (χ4v) is 13.6. The van der Waals surface area contributed by atoms with Gasteiger partial charge in [0.25, 0.3) is 17.7 Å². The molecule has 14 rings (SSSR count). The van der Waals surface area contributed by atoms with Gasteiger partial charge in [-0.25, -0.2) is 18.8 Å². The average molecular weight is 1730 g/mol. The zero-order chi connectivity index (χ0) is 92.0. The standard InChI is InChI=1S/C31H39N5O2.C21H25N3O3.C13H21N3.C10H16N2.C9H11NO.C8H3FO3.C4H10N2.2CH3F/c1-33(2)26-13-9-24(10-14-26)17-18-32-30(37)28-7-5-6-8-29(28)31(38)36-21-19-35(20-22-36)23-25-11-15-27(16-12-25)34(3)4;1-22(2)17-9-7-16(8-10-17)15-23-11-13-24(14-12-23)20(25)18-5-3-4-6-19(18)21(26)27;1-15(2)13-5-3-12(4-6-13)11-16-9-7-14-8-10-16;1-12(2)10-5-3-9(4-6-10)7-8-11;1-10(2)9-5-3-8(7-11)4-6-9;9-4-1-2-5-6(3-4)8(11)12-7(5)10;1-2-6-4-3-5-1;2*1-2/h5-16H,17-23H2,1-4H3,(H,32,37);3-10H,11-15H2,1-2H3,(H,26,27);3-6,14H,7-11H2,1-2H3;3-6H,7-8,11H2,1-2H3;3-7H,1-2H3;1-3H;5-6H,1-4H2;2*1H3. The number of carboxylic acids is 1. The van der Waals surface area contributed by atoms with Gasteiger partial charge in [-0.1, -0.05) is 84.9 Å². The number of benzene rings is 9. The Morgan fingerprint density at radius 3 is 1.05 bits per heavy atom. The molecule has 5 heterocycles. The largest absolute Gasteiger partial charge is 0.478 e. The number of nitrogens with two attached hydrogens (primary N) is 1. The summed E-state index contributed by atoms with van der Waals surface area (Å²) in [6.07, 6.45) is 2.54. The highest BCUT2D eigenvalue weighted by molar-refractivity contribution is 6.14. The first kappa shape index (κ1) is 103. The minimum atomic E-state index is -1.07. The maximum absolute atomic E-state index is 13.4. The quantitative estimate of drug-likeness (QED) is 0.0209. The first-order chi connectivity index (χ1) is 60.7. The second-order valence-corrected chi connectivity index (χ2v) is 31.4. The van der Waals surface area contributed by atoms with E-state index in [1.165, 1.54) is 57.1 Å². The Hall–Kier alpha value is -12.0. The average Bonchev–Trinajstić information content (AvgIpc) is 1.77. The maximum atomic E-state index is 13.4. The Bertz CT molecular complexity index is 4720. The summed E-state index contributed by atoms with van der Waals surface area (Å²) in [7, 11) is 25.3. The van der Waals surface area contributed by atoms with Crippen LogP contribution >= 0.6 is 0 Å². The molecule has 0 radical (unpaired) electrons. The molecule has 3 amide bonds. The zero-order valence-electron chi connectivity index (χ0n) is 75.9. The number of carbonyl (C=O) groups is 7. The summed E-state index contributed by atoms with van der Waals surface area (Å²) in [5.74, 6) is -3.62. The topological polar surface area (TPSA) is 259 Å². The first-order valence-electron chi connectivity index (χ1n) is 42.3. The van der Waals surface area contributed by atoms with Crippen molar-refractivity contribution in [2.75, 3.05) is 246 Å². The van der Waals surface area contributed by atoms with E-state index in [1.54, 1.807) is 35.2 Å². The number of carbonyl (C=O) groups excluding carboxylic acids is 6. The van der Waals surface area contributed by atoms with Crippen LogP contribution in [0.5, 0.6) is 0 Å². The fourth-order valence-electron chi connectivity index (χ4n) is 13.6. The van der Waals surface area contributed by atoms with E-state index in [1.807, 2.05) is 117 Å². The Morgan fingerprint density at radius 1 is 0.397 bits per heavy atom. The number of rotatable bonds is 22. The van der Waals surface area contributed by atoms with Crippen molar-refractivity contribution in [2.45, 2.75) is 32.5 Å². The van der Waals surface area contributed by atoms with Crippen molar-refractivity contribution in [3.8, 4) is 0 Å². The minimum Gasteiger partial charge on any atom is -0.478 e. The van der Waals surface area contributed by atoms with Gasteiger partial charge in [-0.05, 0) is 175 Å². The predicted molar refractivity (Wildman–Crippen MR) is 505 cm³/mol. The number of hydrogen-bond acceptors (Lipinski definition) is 21. The number of nitrogens with zero attached hydrogens (tertiary/aromatic N) is 11. The van der Waals surface area contributed by atoms with Gasteiger partial charge in [-0.2, -0.15) is 0 Å². The van der Waals surface area contributed by atoms with E-state index in [9.17, 15) is 51.8 Å². The van der Waals surface area contributed by atoms with E-state index < -0.39 is 23.7 Å². The lowest BCUT2D eigenvalue weighted by atomic mass is 10.0. The van der Waals surface area contributed by atoms with Gasteiger partial charge in [-0.3, -0.25) is 42.7 Å². The van der Waals surface area contributed by atoms with Gasteiger partial charge in [0, 0.05) is 255 Å².